The van der Waals surface area contributed by atoms with Crippen LogP contribution in [0.1, 0.15) is 17.3 Å². The number of hydrogen-bond acceptors (Lipinski definition) is 6. The normalized spacial score (nSPS) is 10.6. The minimum Gasteiger partial charge on any atom is -0.484 e. The molecular weight excluding hydrogens is 248 g/mol. The summed E-state index contributed by atoms with van der Waals surface area (Å²) in [5.74, 6) is 1.72. The number of aliphatic hydroxyl groups excluding tert-OH is 1. The van der Waals surface area contributed by atoms with Crippen LogP contribution >= 0.6 is 0 Å². The lowest BCUT2D eigenvalue weighted by atomic mass is 10.2. The van der Waals surface area contributed by atoms with Crippen molar-refractivity contribution < 1.29 is 19.1 Å². The highest BCUT2D eigenvalue weighted by atomic mass is 16.5. The van der Waals surface area contributed by atoms with Crippen molar-refractivity contribution in [1.82, 2.24) is 10.1 Å². The summed E-state index contributed by atoms with van der Waals surface area (Å²) in [4.78, 5) is 4.17. The summed E-state index contributed by atoms with van der Waals surface area (Å²) in [6.45, 7) is 0.799. The monoisotopic (exact) mass is 264 g/mol. The third kappa shape index (κ3) is 4.04. The smallest absolute Gasteiger partial charge is 0.264 e. The minimum absolute atomic E-state index is 0.0206. The number of methoxy groups -OCH3 is 1. The summed E-state index contributed by atoms with van der Waals surface area (Å²) in [5, 5.41) is 12.7. The van der Waals surface area contributed by atoms with E-state index < -0.39 is 0 Å². The summed E-state index contributed by atoms with van der Waals surface area (Å²) < 4.78 is 15.5. The number of nitrogens with zero attached hydrogens (tertiary/aromatic N) is 2. The molecule has 1 aromatic heterocycles. The molecule has 0 fully saturated rings. The Balaban J connectivity index is 1.85. The number of benzene rings is 1. The topological polar surface area (TPSA) is 77.6 Å². The molecule has 1 heterocycles. The van der Waals surface area contributed by atoms with Gasteiger partial charge in [-0.2, -0.15) is 4.98 Å². The lowest BCUT2D eigenvalue weighted by Gasteiger charge is -2.03. The molecule has 0 aliphatic rings. The van der Waals surface area contributed by atoms with E-state index in [1.165, 1.54) is 0 Å². The Morgan fingerprint density at radius 2 is 2.05 bits per heavy atom. The minimum atomic E-state index is 0.0206. The Bertz CT molecular complexity index is 496. The molecule has 0 aliphatic carbocycles. The zero-order valence-corrected chi connectivity index (χ0v) is 10.7. The molecule has 2 aromatic rings. The van der Waals surface area contributed by atoms with E-state index >= 15 is 0 Å². The van der Waals surface area contributed by atoms with Crippen LogP contribution in [0.5, 0.6) is 5.75 Å². The standard InChI is InChI=1S/C13H16N2O4/c1-17-7-6-12-14-13(19-15-12)9-18-11-4-2-10(8-16)3-5-11/h2-5,16H,6-9H2,1H3. The number of hydrogen-bond donors (Lipinski definition) is 1. The van der Waals surface area contributed by atoms with Gasteiger partial charge in [-0.05, 0) is 17.7 Å². The quantitative estimate of drug-likeness (QED) is 0.813. The molecule has 0 atom stereocenters. The van der Waals surface area contributed by atoms with Crippen molar-refractivity contribution in [3.8, 4) is 5.75 Å². The van der Waals surface area contributed by atoms with Gasteiger partial charge < -0.3 is 19.1 Å². The maximum atomic E-state index is 8.93. The van der Waals surface area contributed by atoms with Crippen LogP contribution < -0.4 is 4.74 Å². The fourth-order valence-electron chi connectivity index (χ4n) is 1.48. The molecule has 2 rings (SSSR count). The van der Waals surface area contributed by atoms with Crippen molar-refractivity contribution in [2.75, 3.05) is 13.7 Å². The Hall–Kier alpha value is -1.92. The van der Waals surface area contributed by atoms with Gasteiger partial charge in [-0.1, -0.05) is 17.3 Å². The second-order valence-corrected chi connectivity index (χ2v) is 3.94. The van der Waals surface area contributed by atoms with Gasteiger partial charge in [0.2, 0.25) is 0 Å². The van der Waals surface area contributed by atoms with Crippen LogP contribution in [0, 0.1) is 0 Å². The summed E-state index contributed by atoms with van der Waals surface area (Å²) in [6, 6.07) is 7.17. The second kappa shape index (κ2) is 6.86. The van der Waals surface area contributed by atoms with Gasteiger partial charge in [-0.25, -0.2) is 0 Å². The lowest BCUT2D eigenvalue weighted by molar-refractivity contribution is 0.199. The highest BCUT2D eigenvalue weighted by Gasteiger charge is 2.06. The molecule has 0 saturated heterocycles. The van der Waals surface area contributed by atoms with Crippen LogP contribution in [-0.2, 0) is 24.4 Å². The lowest BCUT2D eigenvalue weighted by Crippen LogP contribution is -1.98. The van der Waals surface area contributed by atoms with Crippen LogP contribution in [0.3, 0.4) is 0 Å². The highest BCUT2D eigenvalue weighted by molar-refractivity contribution is 5.26. The predicted molar refractivity (Wildman–Crippen MR) is 66.6 cm³/mol. The molecule has 0 amide bonds. The van der Waals surface area contributed by atoms with Gasteiger partial charge in [-0.15, -0.1) is 0 Å². The Morgan fingerprint density at radius 3 is 2.74 bits per heavy atom. The zero-order chi connectivity index (χ0) is 13.5. The fourth-order valence-corrected chi connectivity index (χ4v) is 1.48. The highest BCUT2D eigenvalue weighted by Crippen LogP contribution is 2.13. The number of ether oxygens (including phenoxy) is 2. The van der Waals surface area contributed by atoms with Crippen molar-refractivity contribution in [1.29, 1.82) is 0 Å². The van der Waals surface area contributed by atoms with Crippen LogP contribution in [0.15, 0.2) is 28.8 Å². The van der Waals surface area contributed by atoms with E-state index in [2.05, 4.69) is 10.1 Å². The maximum absolute atomic E-state index is 8.93. The van der Waals surface area contributed by atoms with E-state index in [1.807, 2.05) is 0 Å². The average Bonchev–Trinajstić information content (AvgIpc) is 2.91. The average molecular weight is 264 g/mol. The molecule has 0 spiro atoms. The molecule has 6 heteroatoms. The van der Waals surface area contributed by atoms with Crippen molar-refractivity contribution >= 4 is 0 Å². The van der Waals surface area contributed by atoms with Crippen LogP contribution in [0.25, 0.3) is 0 Å². The third-order valence-corrected chi connectivity index (χ3v) is 2.51. The second-order valence-electron chi connectivity index (χ2n) is 3.94. The first-order chi connectivity index (χ1) is 9.31. The molecule has 0 radical (unpaired) electrons. The Morgan fingerprint density at radius 1 is 1.26 bits per heavy atom. The fraction of sp³-hybridized carbons (Fsp3) is 0.385. The van der Waals surface area contributed by atoms with E-state index in [4.69, 9.17) is 19.1 Å². The molecule has 0 bridgehead atoms. The third-order valence-electron chi connectivity index (χ3n) is 2.51. The molecule has 1 N–H and O–H groups in total. The number of aromatic nitrogens is 2. The Kier molecular flexibility index (Phi) is 4.88. The zero-order valence-electron chi connectivity index (χ0n) is 10.7. The number of aliphatic hydroxyl groups is 1. The van der Waals surface area contributed by atoms with E-state index in [9.17, 15) is 0 Å². The largest absolute Gasteiger partial charge is 0.484 e. The summed E-state index contributed by atoms with van der Waals surface area (Å²) in [7, 11) is 1.63. The van der Waals surface area contributed by atoms with Crippen molar-refractivity contribution in [3.05, 3.63) is 41.5 Å². The SMILES string of the molecule is COCCc1noc(COc2ccc(CO)cc2)n1. The van der Waals surface area contributed by atoms with Gasteiger partial charge in [0, 0.05) is 13.5 Å². The van der Waals surface area contributed by atoms with Gasteiger partial charge >= 0.3 is 0 Å². The summed E-state index contributed by atoms with van der Waals surface area (Å²) in [6.07, 6.45) is 0.616. The van der Waals surface area contributed by atoms with Crippen molar-refractivity contribution in [2.24, 2.45) is 0 Å². The van der Waals surface area contributed by atoms with Gasteiger partial charge in [0.1, 0.15) is 5.75 Å². The van der Waals surface area contributed by atoms with Gasteiger partial charge in [0.15, 0.2) is 12.4 Å². The van der Waals surface area contributed by atoms with E-state index in [-0.39, 0.29) is 13.2 Å². The van der Waals surface area contributed by atoms with Crippen LogP contribution in [0.2, 0.25) is 0 Å². The number of rotatable bonds is 7. The van der Waals surface area contributed by atoms with Gasteiger partial charge in [0.25, 0.3) is 5.89 Å². The van der Waals surface area contributed by atoms with E-state index in [0.29, 0.717) is 30.5 Å². The van der Waals surface area contributed by atoms with Gasteiger partial charge in [0.05, 0.1) is 13.2 Å². The molecular formula is C13H16N2O4. The molecule has 6 nitrogen and oxygen atoms in total. The first-order valence-electron chi connectivity index (χ1n) is 5.95. The van der Waals surface area contributed by atoms with E-state index in [0.717, 1.165) is 5.56 Å². The van der Waals surface area contributed by atoms with E-state index in [1.54, 1.807) is 31.4 Å². The molecule has 102 valence electrons. The van der Waals surface area contributed by atoms with Gasteiger partial charge in [-0.3, -0.25) is 0 Å². The molecule has 1 aromatic carbocycles. The van der Waals surface area contributed by atoms with Crippen LogP contribution in [0.4, 0.5) is 0 Å². The summed E-state index contributed by atoms with van der Waals surface area (Å²) >= 11 is 0. The maximum Gasteiger partial charge on any atom is 0.264 e. The van der Waals surface area contributed by atoms with Crippen molar-refractivity contribution in [3.63, 3.8) is 0 Å². The Labute approximate surface area is 111 Å². The molecule has 0 unspecified atom stereocenters. The first-order valence-corrected chi connectivity index (χ1v) is 5.95. The van der Waals surface area contributed by atoms with Crippen LogP contribution in [-0.4, -0.2) is 29.0 Å². The first kappa shape index (κ1) is 13.5. The molecule has 19 heavy (non-hydrogen) atoms. The molecule has 0 aliphatic heterocycles. The summed E-state index contributed by atoms with van der Waals surface area (Å²) in [5.41, 5.74) is 0.840. The molecule has 0 saturated carbocycles. The van der Waals surface area contributed by atoms with Crippen molar-refractivity contribution in [2.45, 2.75) is 19.6 Å². The predicted octanol–water partition coefficient (Wildman–Crippen LogP) is 1.33.